The number of carbonyl (C=O) groups is 1. The fraction of sp³-hybridized carbons (Fsp3) is 0.632. The smallest absolute Gasteiger partial charge is 0.326 e. The molecule has 0 unspecified atom stereocenters. The molecule has 3 nitrogen and oxygen atoms in total. The molecule has 0 amide bonds. The number of aryl methyl sites for hydroxylation is 1. The molecule has 0 spiro atoms. The molecule has 2 atom stereocenters. The summed E-state index contributed by atoms with van der Waals surface area (Å²) in [5, 5.41) is 9.83. The van der Waals surface area contributed by atoms with Gasteiger partial charge in [0.2, 0.25) is 0 Å². The second-order valence-corrected chi connectivity index (χ2v) is 7.30. The van der Waals surface area contributed by atoms with E-state index in [-0.39, 0.29) is 5.54 Å². The molecule has 0 radical (unpaired) electrons. The number of carboxylic acids is 1. The Morgan fingerprint density at radius 2 is 2.14 bits per heavy atom. The van der Waals surface area contributed by atoms with Crippen molar-refractivity contribution in [1.82, 2.24) is 0 Å². The monoisotopic (exact) mass is 303 g/mol. The first-order valence-electron chi connectivity index (χ1n) is 8.41. The van der Waals surface area contributed by atoms with Gasteiger partial charge in [-0.25, -0.2) is 4.79 Å². The molecule has 3 heteroatoms. The van der Waals surface area contributed by atoms with E-state index in [1.807, 2.05) is 0 Å². The number of aliphatic carboxylic acids is 1. The second-order valence-electron chi connectivity index (χ2n) is 7.30. The molecule has 1 aliphatic rings. The van der Waals surface area contributed by atoms with E-state index in [1.54, 1.807) is 0 Å². The number of unbranched alkanes of at least 4 members (excludes halogenated alkanes) is 1. The second kappa shape index (κ2) is 6.31. The number of rotatable bonds is 5. The van der Waals surface area contributed by atoms with E-state index in [2.05, 4.69) is 57.7 Å². The number of hydrogen-bond acceptors (Lipinski definition) is 2. The summed E-state index contributed by atoms with van der Waals surface area (Å²) in [5.74, 6) is -0.243. The van der Waals surface area contributed by atoms with Crippen molar-refractivity contribution < 1.29 is 9.90 Å². The van der Waals surface area contributed by atoms with Gasteiger partial charge in [-0.1, -0.05) is 44.9 Å². The van der Waals surface area contributed by atoms with Crippen LogP contribution in [0.3, 0.4) is 0 Å². The van der Waals surface area contributed by atoms with Crippen LogP contribution >= 0.6 is 0 Å². The molecule has 22 heavy (non-hydrogen) atoms. The van der Waals surface area contributed by atoms with Crippen LogP contribution in [-0.2, 0) is 4.79 Å². The van der Waals surface area contributed by atoms with E-state index in [9.17, 15) is 9.90 Å². The minimum absolute atomic E-state index is 0.144. The van der Waals surface area contributed by atoms with Crippen LogP contribution in [0, 0.1) is 6.92 Å². The van der Waals surface area contributed by atoms with Crippen LogP contribution in [0.2, 0.25) is 0 Å². The van der Waals surface area contributed by atoms with Crippen LogP contribution in [0.25, 0.3) is 0 Å². The summed E-state index contributed by atoms with van der Waals surface area (Å²) < 4.78 is 0. The molecule has 2 rings (SSSR count). The maximum Gasteiger partial charge on any atom is 0.326 e. The van der Waals surface area contributed by atoms with Crippen molar-refractivity contribution in [2.45, 2.75) is 77.8 Å². The van der Waals surface area contributed by atoms with Crippen LogP contribution in [0.15, 0.2) is 18.2 Å². The van der Waals surface area contributed by atoms with Crippen molar-refractivity contribution >= 4 is 11.7 Å². The van der Waals surface area contributed by atoms with Gasteiger partial charge in [-0.2, -0.15) is 0 Å². The SMILES string of the molecule is CCCC[C@H](C(=O)O)N1c2c(C)cccc2[C@H](C)CC1(C)C. The quantitative estimate of drug-likeness (QED) is 0.854. The summed E-state index contributed by atoms with van der Waals surface area (Å²) in [6.07, 6.45) is 3.66. The van der Waals surface area contributed by atoms with Gasteiger partial charge in [0.25, 0.3) is 0 Å². The fourth-order valence-electron chi connectivity index (χ4n) is 4.01. The lowest BCUT2D eigenvalue weighted by Gasteiger charge is -2.50. The maximum absolute atomic E-state index is 12.0. The van der Waals surface area contributed by atoms with E-state index in [4.69, 9.17) is 0 Å². The zero-order chi connectivity index (χ0) is 16.5. The summed E-state index contributed by atoms with van der Waals surface area (Å²) in [4.78, 5) is 14.1. The minimum atomic E-state index is -0.703. The van der Waals surface area contributed by atoms with Gasteiger partial charge in [0.05, 0.1) is 0 Å². The third kappa shape index (κ3) is 2.99. The number of para-hydroxylation sites is 1. The van der Waals surface area contributed by atoms with Crippen molar-refractivity contribution in [3.63, 3.8) is 0 Å². The normalized spacial score (nSPS) is 21.3. The third-order valence-corrected chi connectivity index (χ3v) is 4.93. The number of anilines is 1. The van der Waals surface area contributed by atoms with Crippen molar-refractivity contribution in [3.8, 4) is 0 Å². The van der Waals surface area contributed by atoms with Gasteiger partial charge < -0.3 is 10.0 Å². The topological polar surface area (TPSA) is 40.5 Å². The molecular weight excluding hydrogens is 274 g/mol. The van der Waals surface area contributed by atoms with E-state index in [1.165, 1.54) is 11.1 Å². The lowest BCUT2D eigenvalue weighted by atomic mass is 9.77. The van der Waals surface area contributed by atoms with Crippen LogP contribution < -0.4 is 4.90 Å². The predicted molar refractivity (Wildman–Crippen MR) is 91.7 cm³/mol. The highest BCUT2D eigenvalue weighted by molar-refractivity contribution is 5.81. The molecule has 1 aromatic carbocycles. The Labute approximate surface area is 134 Å². The lowest BCUT2D eigenvalue weighted by molar-refractivity contribution is -0.139. The highest BCUT2D eigenvalue weighted by Gasteiger charge is 2.42. The molecule has 0 bridgehead atoms. The molecule has 0 aliphatic carbocycles. The molecule has 1 aliphatic heterocycles. The molecule has 1 aromatic rings. The summed E-state index contributed by atoms with van der Waals surface area (Å²) in [6, 6.07) is 5.90. The number of hydrogen-bond donors (Lipinski definition) is 1. The maximum atomic E-state index is 12.0. The molecule has 0 saturated heterocycles. The standard InChI is InChI=1S/C19H29NO2/c1-6-7-11-16(18(21)22)20-17-13(2)9-8-10-15(17)14(3)12-19(20,4)5/h8-10,14,16H,6-7,11-12H2,1-5H3,(H,21,22)/t14-,16-/m1/s1. The summed E-state index contributed by atoms with van der Waals surface area (Å²) >= 11 is 0. The van der Waals surface area contributed by atoms with Crippen LogP contribution in [0.4, 0.5) is 5.69 Å². The first kappa shape index (κ1) is 16.9. The van der Waals surface area contributed by atoms with E-state index < -0.39 is 12.0 Å². The van der Waals surface area contributed by atoms with Gasteiger partial charge in [-0.3, -0.25) is 0 Å². The molecule has 0 aromatic heterocycles. The van der Waals surface area contributed by atoms with Crippen molar-refractivity contribution in [1.29, 1.82) is 0 Å². The zero-order valence-electron chi connectivity index (χ0n) is 14.5. The molecular formula is C19H29NO2. The average molecular weight is 303 g/mol. The first-order chi connectivity index (χ1) is 10.3. The van der Waals surface area contributed by atoms with Gasteiger partial charge >= 0.3 is 5.97 Å². The van der Waals surface area contributed by atoms with E-state index in [0.29, 0.717) is 12.3 Å². The Hall–Kier alpha value is -1.51. The number of fused-ring (bicyclic) bond motifs is 1. The predicted octanol–water partition coefficient (Wildman–Crippen LogP) is 4.73. The minimum Gasteiger partial charge on any atom is -0.480 e. The van der Waals surface area contributed by atoms with Crippen molar-refractivity contribution in [2.24, 2.45) is 0 Å². The summed E-state index contributed by atoms with van der Waals surface area (Å²) in [5.41, 5.74) is 3.48. The van der Waals surface area contributed by atoms with Crippen molar-refractivity contribution in [2.75, 3.05) is 4.90 Å². The largest absolute Gasteiger partial charge is 0.480 e. The lowest BCUT2D eigenvalue weighted by Crippen LogP contribution is -2.56. The van der Waals surface area contributed by atoms with Gasteiger partial charge in [-0.05, 0) is 50.7 Å². The molecule has 0 fully saturated rings. The van der Waals surface area contributed by atoms with Gasteiger partial charge in [-0.15, -0.1) is 0 Å². The molecule has 1 N–H and O–H groups in total. The van der Waals surface area contributed by atoms with Crippen LogP contribution in [0.5, 0.6) is 0 Å². The average Bonchev–Trinajstić information content (AvgIpc) is 2.42. The Morgan fingerprint density at radius 1 is 1.45 bits per heavy atom. The third-order valence-electron chi connectivity index (χ3n) is 4.93. The molecule has 1 heterocycles. The number of nitrogens with zero attached hydrogens (tertiary/aromatic N) is 1. The van der Waals surface area contributed by atoms with E-state index >= 15 is 0 Å². The highest BCUT2D eigenvalue weighted by atomic mass is 16.4. The number of benzene rings is 1. The van der Waals surface area contributed by atoms with E-state index in [0.717, 1.165) is 24.9 Å². The highest BCUT2D eigenvalue weighted by Crippen LogP contribution is 2.46. The Kier molecular flexibility index (Phi) is 4.84. The number of carboxylic acid groups (broad SMARTS) is 1. The van der Waals surface area contributed by atoms with Gasteiger partial charge in [0.1, 0.15) is 6.04 Å². The van der Waals surface area contributed by atoms with Crippen molar-refractivity contribution in [3.05, 3.63) is 29.3 Å². The zero-order valence-corrected chi connectivity index (χ0v) is 14.5. The first-order valence-corrected chi connectivity index (χ1v) is 8.41. The van der Waals surface area contributed by atoms with Gasteiger partial charge in [0.15, 0.2) is 0 Å². The van der Waals surface area contributed by atoms with Gasteiger partial charge in [0, 0.05) is 11.2 Å². The summed E-state index contributed by atoms with van der Waals surface area (Å²) in [6.45, 7) is 10.8. The van der Waals surface area contributed by atoms with Crippen LogP contribution in [-0.4, -0.2) is 22.7 Å². The Morgan fingerprint density at radius 3 is 2.73 bits per heavy atom. The fourth-order valence-corrected chi connectivity index (χ4v) is 4.01. The van der Waals surface area contributed by atoms with Crippen LogP contribution in [0.1, 0.15) is 70.4 Å². The molecule has 0 saturated carbocycles. The molecule has 122 valence electrons. The Bertz CT molecular complexity index is 550. The Balaban J connectivity index is 2.56. The summed E-state index contributed by atoms with van der Waals surface area (Å²) in [7, 11) is 0.